The molecule has 0 radical (unpaired) electrons. The number of carbonyl (C=O) groups is 1. The van der Waals surface area contributed by atoms with Crippen LogP contribution in [-0.2, 0) is 0 Å². The van der Waals surface area contributed by atoms with Crippen LogP contribution in [0, 0.1) is 6.92 Å². The van der Waals surface area contributed by atoms with Crippen LogP contribution in [0.4, 0.5) is 0 Å². The summed E-state index contributed by atoms with van der Waals surface area (Å²) in [5.74, 6) is 0.517. The lowest BCUT2D eigenvalue weighted by Crippen LogP contribution is -2.40. The molecular formula is C10H14BrNO2. The summed E-state index contributed by atoms with van der Waals surface area (Å²) in [4.78, 5) is 11.7. The Morgan fingerprint density at radius 1 is 1.50 bits per heavy atom. The van der Waals surface area contributed by atoms with Crippen molar-refractivity contribution in [2.24, 2.45) is 0 Å². The monoisotopic (exact) mass is 259 g/mol. The molecule has 14 heavy (non-hydrogen) atoms. The Labute approximate surface area is 92.0 Å². The fraction of sp³-hybridized carbons (Fsp3) is 0.500. The number of hydrogen-bond acceptors (Lipinski definition) is 2. The minimum Gasteiger partial charge on any atom is -0.454 e. The first-order valence-electron chi connectivity index (χ1n) is 4.38. The van der Waals surface area contributed by atoms with E-state index in [-0.39, 0.29) is 11.4 Å². The first-order chi connectivity index (χ1) is 6.29. The van der Waals surface area contributed by atoms with Gasteiger partial charge < -0.3 is 9.73 Å². The highest BCUT2D eigenvalue weighted by molar-refractivity contribution is 9.10. The molecule has 78 valence electrons. The number of furan rings is 1. The van der Waals surface area contributed by atoms with Crippen LogP contribution in [0.1, 0.15) is 36.9 Å². The Hall–Kier alpha value is -0.770. The summed E-state index contributed by atoms with van der Waals surface area (Å²) in [6.07, 6.45) is 0. The Morgan fingerprint density at radius 3 is 2.43 bits per heavy atom. The molecule has 0 bridgehead atoms. The van der Waals surface area contributed by atoms with Gasteiger partial charge in [0.2, 0.25) is 0 Å². The van der Waals surface area contributed by atoms with Crippen molar-refractivity contribution in [1.29, 1.82) is 0 Å². The minimum atomic E-state index is -0.229. The Morgan fingerprint density at radius 2 is 2.07 bits per heavy atom. The highest BCUT2D eigenvalue weighted by atomic mass is 79.9. The minimum absolute atomic E-state index is 0.107. The summed E-state index contributed by atoms with van der Waals surface area (Å²) >= 11 is 3.18. The zero-order valence-electron chi connectivity index (χ0n) is 8.77. The van der Waals surface area contributed by atoms with Crippen molar-refractivity contribution < 1.29 is 9.21 Å². The molecule has 0 aliphatic carbocycles. The molecule has 0 atom stereocenters. The van der Waals surface area contributed by atoms with E-state index >= 15 is 0 Å². The van der Waals surface area contributed by atoms with E-state index < -0.39 is 0 Å². The molecule has 0 unspecified atom stereocenters. The van der Waals surface area contributed by atoms with Gasteiger partial charge in [-0.05, 0) is 43.6 Å². The van der Waals surface area contributed by atoms with Crippen LogP contribution in [0.3, 0.4) is 0 Å². The van der Waals surface area contributed by atoms with Crippen molar-refractivity contribution in [3.05, 3.63) is 22.1 Å². The van der Waals surface area contributed by atoms with Gasteiger partial charge in [-0.15, -0.1) is 0 Å². The second-order valence-corrected chi connectivity index (χ2v) is 5.01. The maximum absolute atomic E-state index is 11.7. The van der Waals surface area contributed by atoms with Gasteiger partial charge in [0.15, 0.2) is 4.67 Å². The van der Waals surface area contributed by atoms with E-state index in [1.807, 2.05) is 20.8 Å². The summed E-state index contributed by atoms with van der Waals surface area (Å²) in [6.45, 7) is 7.59. The number of hydrogen-bond donors (Lipinski definition) is 1. The zero-order chi connectivity index (χ0) is 10.9. The second kappa shape index (κ2) is 3.77. The van der Waals surface area contributed by atoms with E-state index in [0.717, 1.165) is 0 Å². The lowest BCUT2D eigenvalue weighted by molar-refractivity contribution is 0.0918. The number of rotatable bonds is 1. The highest BCUT2D eigenvalue weighted by Gasteiger charge is 2.19. The normalized spacial score (nSPS) is 11.5. The second-order valence-electron chi connectivity index (χ2n) is 4.22. The maximum Gasteiger partial charge on any atom is 0.255 e. The molecule has 0 saturated heterocycles. The molecule has 4 heteroatoms. The van der Waals surface area contributed by atoms with E-state index in [2.05, 4.69) is 21.2 Å². The van der Waals surface area contributed by atoms with Crippen LogP contribution in [0.5, 0.6) is 0 Å². The predicted molar refractivity (Wildman–Crippen MR) is 58.4 cm³/mol. The standard InChI is InChI=1S/C10H14BrNO2/c1-6-7(5-8(11)14-6)9(13)12-10(2,3)4/h5H,1-4H3,(H,12,13). The van der Waals surface area contributed by atoms with Crippen LogP contribution in [0.15, 0.2) is 15.2 Å². The molecule has 0 aliphatic heterocycles. The van der Waals surface area contributed by atoms with Crippen molar-refractivity contribution >= 4 is 21.8 Å². The lowest BCUT2D eigenvalue weighted by Gasteiger charge is -2.19. The summed E-state index contributed by atoms with van der Waals surface area (Å²) in [5, 5.41) is 2.87. The number of halogens is 1. The van der Waals surface area contributed by atoms with E-state index in [1.165, 1.54) is 0 Å². The average molecular weight is 260 g/mol. The third-order valence-electron chi connectivity index (χ3n) is 1.62. The van der Waals surface area contributed by atoms with Gasteiger partial charge in [0.1, 0.15) is 5.76 Å². The number of carbonyl (C=O) groups excluding carboxylic acids is 1. The Bertz CT molecular complexity index is 349. The zero-order valence-corrected chi connectivity index (χ0v) is 10.4. The quantitative estimate of drug-likeness (QED) is 0.843. The van der Waals surface area contributed by atoms with Crippen LogP contribution < -0.4 is 5.32 Å². The van der Waals surface area contributed by atoms with E-state index in [9.17, 15) is 4.79 Å². The largest absolute Gasteiger partial charge is 0.454 e. The summed E-state index contributed by atoms with van der Waals surface area (Å²) in [6, 6.07) is 1.68. The topological polar surface area (TPSA) is 42.2 Å². The molecule has 0 aromatic carbocycles. The fourth-order valence-electron chi connectivity index (χ4n) is 1.08. The molecule has 3 nitrogen and oxygen atoms in total. The number of amides is 1. The number of aryl methyl sites for hydroxylation is 1. The molecule has 1 amide bonds. The van der Waals surface area contributed by atoms with Gasteiger partial charge in [-0.2, -0.15) is 0 Å². The molecule has 1 aromatic rings. The third-order valence-corrected chi connectivity index (χ3v) is 2.01. The van der Waals surface area contributed by atoms with Crippen LogP contribution >= 0.6 is 15.9 Å². The number of nitrogens with one attached hydrogen (secondary N) is 1. The summed E-state index contributed by atoms with van der Waals surface area (Å²) in [5.41, 5.74) is 0.347. The van der Waals surface area contributed by atoms with Gasteiger partial charge in [0, 0.05) is 11.6 Å². The molecule has 1 rings (SSSR count). The smallest absolute Gasteiger partial charge is 0.255 e. The fourth-order valence-corrected chi connectivity index (χ4v) is 1.55. The molecule has 0 aliphatic rings. The first kappa shape index (κ1) is 11.3. The van der Waals surface area contributed by atoms with Crippen molar-refractivity contribution in [2.75, 3.05) is 0 Å². The van der Waals surface area contributed by atoms with Gasteiger partial charge in [0.05, 0.1) is 5.56 Å². The summed E-state index contributed by atoms with van der Waals surface area (Å²) in [7, 11) is 0. The molecule has 1 heterocycles. The molecule has 0 fully saturated rings. The van der Waals surface area contributed by atoms with Gasteiger partial charge in [-0.25, -0.2) is 0 Å². The maximum atomic E-state index is 11.7. The SMILES string of the molecule is Cc1oc(Br)cc1C(=O)NC(C)(C)C. The molecule has 1 aromatic heterocycles. The third kappa shape index (κ3) is 2.87. The van der Waals surface area contributed by atoms with Crippen LogP contribution in [0.25, 0.3) is 0 Å². The van der Waals surface area contributed by atoms with Crippen LogP contribution in [-0.4, -0.2) is 11.4 Å². The van der Waals surface area contributed by atoms with Crippen molar-refractivity contribution in [2.45, 2.75) is 33.2 Å². The van der Waals surface area contributed by atoms with Gasteiger partial charge >= 0.3 is 0 Å². The van der Waals surface area contributed by atoms with E-state index in [0.29, 0.717) is 16.0 Å². The van der Waals surface area contributed by atoms with Crippen molar-refractivity contribution in [3.63, 3.8) is 0 Å². The average Bonchev–Trinajstić information content (AvgIpc) is 2.26. The lowest BCUT2D eigenvalue weighted by atomic mass is 10.1. The Kier molecular flexibility index (Phi) is 3.04. The molecular weight excluding hydrogens is 246 g/mol. The highest BCUT2D eigenvalue weighted by Crippen LogP contribution is 2.19. The van der Waals surface area contributed by atoms with E-state index in [4.69, 9.17) is 4.42 Å². The van der Waals surface area contributed by atoms with Gasteiger partial charge in [0.25, 0.3) is 5.91 Å². The molecule has 0 spiro atoms. The predicted octanol–water partition coefficient (Wildman–Crippen LogP) is 2.88. The first-order valence-corrected chi connectivity index (χ1v) is 5.17. The van der Waals surface area contributed by atoms with E-state index in [1.54, 1.807) is 13.0 Å². The molecule has 1 N–H and O–H groups in total. The van der Waals surface area contributed by atoms with Crippen molar-refractivity contribution in [1.82, 2.24) is 5.32 Å². The van der Waals surface area contributed by atoms with Gasteiger partial charge in [-0.3, -0.25) is 4.79 Å². The molecule has 0 saturated carbocycles. The van der Waals surface area contributed by atoms with Crippen LogP contribution in [0.2, 0.25) is 0 Å². The Balaban J connectivity index is 2.85. The van der Waals surface area contributed by atoms with Gasteiger partial charge in [-0.1, -0.05) is 0 Å². The van der Waals surface area contributed by atoms with Crippen molar-refractivity contribution in [3.8, 4) is 0 Å². The summed E-state index contributed by atoms with van der Waals surface area (Å²) < 4.78 is 5.78.